The van der Waals surface area contributed by atoms with Crippen LogP contribution in [0.15, 0.2) is 12.2 Å². The molecular weight excluding hydrogens is 144 g/mol. The fourth-order valence-electron chi connectivity index (χ4n) is 2.00. The third-order valence-electron chi connectivity index (χ3n) is 2.47. The smallest absolute Gasteiger partial charge is 0.450 e. The first-order chi connectivity index (χ1) is 5.25. The van der Waals surface area contributed by atoms with Crippen molar-refractivity contribution in [3.8, 4) is 0 Å². The molecular formula is C8H10O3. The molecule has 2 bridgehead atoms. The summed E-state index contributed by atoms with van der Waals surface area (Å²) in [6.07, 6.45) is 4.98. The Morgan fingerprint density at radius 2 is 2.27 bits per heavy atom. The lowest BCUT2D eigenvalue weighted by Gasteiger charge is -2.15. The largest absolute Gasteiger partial charge is 0.506 e. The summed E-state index contributed by atoms with van der Waals surface area (Å²) in [6, 6.07) is 0. The summed E-state index contributed by atoms with van der Waals surface area (Å²) in [7, 11) is 0. The van der Waals surface area contributed by atoms with E-state index in [0.29, 0.717) is 11.8 Å². The Morgan fingerprint density at radius 1 is 1.45 bits per heavy atom. The van der Waals surface area contributed by atoms with Crippen LogP contribution in [0.3, 0.4) is 0 Å². The van der Waals surface area contributed by atoms with Gasteiger partial charge >= 0.3 is 6.16 Å². The summed E-state index contributed by atoms with van der Waals surface area (Å²) in [5, 5.41) is 8.36. The van der Waals surface area contributed by atoms with Crippen molar-refractivity contribution in [2.75, 3.05) is 0 Å². The Morgan fingerprint density at radius 3 is 2.73 bits per heavy atom. The minimum absolute atomic E-state index is 0.0671. The number of ether oxygens (including phenoxy) is 1. The third kappa shape index (κ3) is 1.11. The molecule has 0 amide bonds. The molecule has 2 unspecified atom stereocenters. The van der Waals surface area contributed by atoms with Crippen molar-refractivity contribution in [1.82, 2.24) is 0 Å². The van der Waals surface area contributed by atoms with Crippen molar-refractivity contribution < 1.29 is 14.6 Å². The average Bonchev–Trinajstić information content (AvgIpc) is 2.45. The molecule has 0 radical (unpaired) electrons. The molecule has 60 valence electrons. The molecule has 1 fully saturated rings. The zero-order chi connectivity index (χ0) is 7.84. The van der Waals surface area contributed by atoms with Crippen molar-refractivity contribution in [1.29, 1.82) is 0 Å². The minimum Gasteiger partial charge on any atom is -0.450 e. The maximum atomic E-state index is 10.2. The highest BCUT2D eigenvalue weighted by Gasteiger charge is 2.37. The topological polar surface area (TPSA) is 46.5 Å². The number of carboxylic acid groups (broad SMARTS) is 1. The predicted octanol–water partition coefficient (Wildman–Crippen LogP) is 1.65. The van der Waals surface area contributed by atoms with Gasteiger partial charge in [-0.25, -0.2) is 4.79 Å². The zero-order valence-corrected chi connectivity index (χ0v) is 6.06. The van der Waals surface area contributed by atoms with Crippen LogP contribution in [0.4, 0.5) is 4.79 Å². The van der Waals surface area contributed by atoms with Gasteiger partial charge in [-0.05, 0) is 18.8 Å². The fourth-order valence-corrected chi connectivity index (χ4v) is 2.00. The molecule has 3 heteroatoms. The number of allylic oxidation sites excluding steroid dienone is 1. The number of fused-ring (bicyclic) bond motifs is 2. The quantitative estimate of drug-likeness (QED) is 0.461. The molecule has 0 saturated heterocycles. The van der Waals surface area contributed by atoms with E-state index in [1.54, 1.807) is 0 Å². The van der Waals surface area contributed by atoms with Gasteiger partial charge in [0.25, 0.3) is 0 Å². The maximum absolute atomic E-state index is 10.2. The maximum Gasteiger partial charge on any atom is 0.506 e. The van der Waals surface area contributed by atoms with E-state index in [-0.39, 0.29) is 6.10 Å². The van der Waals surface area contributed by atoms with Gasteiger partial charge in [0.2, 0.25) is 0 Å². The minimum atomic E-state index is -1.14. The lowest BCUT2D eigenvalue weighted by Crippen LogP contribution is -2.20. The van der Waals surface area contributed by atoms with Crippen LogP contribution in [0.5, 0.6) is 0 Å². The predicted molar refractivity (Wildman–Crippen MR) is 38.3 cm³/mol. The van der Waals surface area contributed by atoms with Crippen LogP contribution in [0.1, 0.15) is 12.8 Å². The van der Waals surface area contributed by atoms with E-state index in [0.717, 1.165) is 12.8 Å². The van der Waals surface area contributed by atoms with Crippen LogP contribution in [-0.2, 0) is 4.74 Å². The van der Waals surface area contributed by atoms with E-state index in [2.05, 4.69) is 12.2 Å². The summed E-state index contributed by atoms with van der Waals surface area (Å²) in [6.45, 7) is 0. The highest BCUT2D eigenvalue weighted by atomic mass is 16.7. The Balaban J connectivity index is 1.98. The summed E-state index contributed by atoms with van der Waals surface area (Å²) in [5.41, 5.74) is 0. The van der Waals surface area contributed by atoms with Crippen molar-refractivity contribution in [2.24, 2.45) is 11.8 Å². The van der Waals surface area contributed by atoms with Gasteiger partial charge in [0.05, 0.1) is 0 Å². The van der Waals surface area contributed by atoms with E-state index in [4.69, 9.17) is 9.84 Å². The molecule has 1 N–H and O–H groups in total. The Hall–Kier alpha value is -0.990. The monoisotopic (exact) mass is 154 g/mol. The van der Waals surface area contributed by atoms with E-state index in [1.165, 1.54) is 0 Å². The first-order valence-corrected chi connectivity index (χ1v) is 3.83. The summed E-state index contributed by atoms with van der Waals surface area (Å²) >= 11 is 0. The Bertz CT molecular complexity index is 209. The number of rotatable bonds is 1. The lowest BCUT2D eigenvalue weighted by atomic mass is 10.1. The molecule has 0 aliphatic heterocycles. The molecule has 3 atom stereocenters. The van der Waals surface area contributed by atoms with Crippen LogP contribution in [0.2, 0.25) is 0 Å². The van der Waals surface area contributed by atoms with E-state index >= 15 is 0 Å². The molecule has 2 rings (SSSR count). The summed E-state index contributed by atoms with van der Waals surface area (Å²) in [5.74, 6) is 0.931. The normalized spacial score (nSPS) is 39.5. The van der Waals surface area contributed by atoms with Crippen LogP contribution >= 0.6 is 0 Å². The van der Waals surface area contributed by atoms with Gasteiger partial charge < -0.3 is 9.84 Å². The molecule has 0 heterocycles. The molecule has 1 saturated carbocycles. The van der Waals surface area contributed by atoms with Crippen molar-refractivity contribution in [2.45, 2.75) is 18.9 Å². The molecule has 0 aromatic carbocycles. The molecule has 11 heavy (non-hydrogen) atoms. The second-order valence-corrected chi connectivity index (χ2v) is 3.20. The van der Waals surface area contributed by atoms with E-state index in [9.17, 15) is 4.79 Å². The number of hydrogen-bond donors (Lipinski definition) is 1. The van der Waals surface area contributed by atoms with Gasteiger partial charge in [0.1, 0.15) is 6.10 Å². The van der Waals surface area contributed by atoms with Crippen LogP contribution in [0, 0.1) is 11.8 Å². The molecule has 0 spiro atoms. The van der Waals surface area contributed by atoms with Crippen LogP contribution in [0.25, 0.3) is 0 Å². The van der Waals surface area contributed by atoms with Crippen molar-refractivity contribution in [3.63, 3.8) is 0 Å². The molecule has 0 aromatic heterocycles. The SMILES string of the molecule is O=C(O)O[C@H]1CC2C=CC1C2. The first kappa shape index (κ1) is 6.70. The van der Waals surface area contributed by atoms with Gasteiger partial charge in [0.15, 0.2) is 0 Å². The second kappa shape index (κ2) is 2.26. The zero-order valence-electron chi connectivity index (χ0n) is 6.06. The number of carbonyl (C=O) groups is 1. The first-order valence-electron chi connectivity index (χ1n) is 3.83. The third-order valence-corrected chi connectivity index (χ3v) is 2.47. The molecule has 2 aliphatic rings. The Kier molecular flexibility index (Phi) is 1.37. The molecule has 3 nitrogen and oxygen atoms in total. The van der Waals surface area contributed by atoms with Gasteiger partial charge in [0, 0.05) is 5.92 Å². The van der Waals surface area contributed by atoms with E-state index in [1.807, 2.05) is 0 Å². The highest BCUT2D eigenvalue weighted by molar-refractivity contribution is 5.57. The van der Waals surface area contributed by atoms with Crippen LogP contribution in [-0.4, -0.2) is 17.4 Å². The van der Waals surface area contributed by atoms with Gasteiger partial charge in [-0.1, -0.05) is 12.2 Å². The van der Waals surface area contributed by atoms with Crippen molar-refractivity contribution >= 4 is 6.16 Å². The highest BCUT2D eigenvalue weighted by Crippen LogP contribution is 2.40. The standard InChI is InChI=1S/C8H10O3/c9-8(10)11-7-4-5-1-2-6(7)3-5/h1-2,5-7H,3-4H2,(H,9,10)/t5?,6?,7-/m0/s1. The van der Waals surface area contributed by atoms with E-state index < -0.39 is 6.16 Å². The summed E-state index contributed by atoms with van der Waals surface area (Å²) < 4.78 is 4.71. The molecule has 2 aliphatic carbocycles. The summed E-state index contributed by atoms with van der Waals surface area (Å²) in [4.78, 5) is 10.2. The van der Waals surface area contributed by atoms with Gasteiger partial charge in [-0.2, -0.15) is 0 Å². The second-order valence-electron chi connectivity index (χ2n) is 3.20. The molecule has 0 aromatic rings. The van der Waals surface area contributed by atoms with Crippen LogP contribution < -0.4 is 0 Å². The average molecular weight is 154 g/mol. The van der Waals surface area contributed by atoms with Gasteiger partial charge in [-0.15, -0.1) is 0 Å². The number of hydrogen-bond acceptors (Lipinski definition) is 2. The Labute approximate surface area is 64.7 Å². The lowest BCUT2D eigenvalue weighted by molar-refractivity contribution is 0.0413. The fraction of sp³-hybridized carbons (Fsp3) is 0.625. The van der Waals surface area contributed by atoms with Gasteiger partial charge in [-0.3, -0.25) is 0 Å². The van der Waals surface area contributed by atoms with Crippen molar-refractivity contribution in [3.05, 3.63) is 12.2 Å².